The van der Waals surface area contributed by atoms with E-state index in [1.54, 1.807) is 0 Å². The van der Waals surface area contributed by atoms with Crippen LogP contribution in [0, 0.1) is 5.92 Å². The molecule has 60 valence electrons. The lowest BCUT2D eigenvalue weighted by atomic mass is 9.70. The molecule has 2 aliphatic rings. The summed E-state index contributed by atoms with van der Waals surface area (Å²) in [6, 6.07) is 0. The molecule has 0 radical (unpaired) electrons. The fourth-order valence-electron chi connectivity index (χ4n) is 2.14. The van der Waals surface area contributed by atoms with Gasteiger partial charge in [-0.1, -0.05) is 5.57 Å². The average Bonchev–Trinajstić information content (AvgIpc) is 1.90. The number of carbonyl (C=O) groups is 1. The molecule has 2 rings (SSSR count). The zero-order chi connectivity index (χ0) is 7.84. The molecule has 0 amide bonds. The monoisotopic (exact) mass is 152 g/mol. The lowest BCUT2D eigenvalue weighted by molar-refractivity contribution is -0.133. The molecule has 0 spiro atoms. The predicted molar refractivity (Wildman–Crippen MR) is 41.2 cm³/mol. The third kappa shape index (κ3) is 0.971. The maximum atomic E-state index is 10.7. The Hall–Kier alpha value is -0.790. The summed E-state index contributed by atoms with van der Waals surface area (Å²) in [5.74, 6) is -0.0285. The molecule has 1 unspecified atom stereocenters. The first-order valence-electron chi connectivity index (χ1n) is 4.24. The fraction of sp³-hybridized carbons (Fsp3) is 0.667. The van der Waals surface area contributed by atoms with Crippen molar-refractivity contribution in [3.63, 3.8) is 0 Å². The van der Waals surface area contributed by atoms with E-state index in [0.717, 1.165) is 24.8 Å². The van der Waals surface area contributed by atoms with Crippen LogP contribution in [0.2, 0.25) is 0 Å². The van der Waals surface area contributed by atoms with Gasteiger partial charge in [-0.15, -0.1) is 0 Å². The topological polar surface area (TPSA) is 37.3 Å². The Balaban J connectivity index is 2.27. The molecule has 1 fully saturated rings. The van der Waals surface area contributed by atoms with Gasteiger partial charge in [0.25, 0.3) is 0 Å². The summed E-state index contributed by atoms with van der Waals surface area (Å²) in [4.78, 5) is 10.7. The summed E-state index contributed by atoms with van der Waals surface area (Å²) in [7, 11) is 0. The zero-order valence-corrected chi connectivity index (χ0v) is 6.47. The molecule has 11 heavy (non-hydrogen) atoms. The van der Waals surface area contributed by atoms with Crippen molar-refractivity contribution in [3.05, 3.63) is 11.1 Å². The second kappa shape index (κ2) is 2.36. The van der Waals surface area contributed by atoms with Crippen LogP contribution in [0.1, 0.15) is 32.1 Å². The van der Waals surface area contributed by atoms with Crippen LogP contribution in [-0.4, -0.2) is 11.1 Å². The van der Waals surface area contributed by atoms with Crippen molar-refractivity contribution in [2.75, 3.05) is 0 Å². The molecule has 0 aliphatic heterocycles. The highest BCUT2D eigenvalue weighted by atomic mass is 16.4. The zero-order valence-electron chi connectivity index (χ0n) is 6.47. The first-order valence-corrected chi connectivity index (χ1v) is 4.24. The van der Waals surface area contributed by atoms with Crippen LogP contribution in [0.25, 0.3) is 0 Å². The van der Waals surface area contributed by atoms with Crippen molar-refractivity contribution in [3.8, 4) is 0 Å². The highest BCUT2D eigenvalue weighted by Gasteiger charge is 2.32. The Morgan fingerprint density at radius 3 is 2.64 bits per heavy atom. The third-order valence-corrected chi connectivity index (χ3v) is 2.88. The second-order valence-electron chi connectivity index (χ2n) is 3.44. The van der Waals surface area contributed by atoms with Crippen molar-refractivity contribution >= 4 is 5.97 Å². The van der Waals surface area contributed by atoms with Crippen LogP contribution in [0.3, 0.4) is 0 Å². The fourth-order valence-corrected chi connectivity index (χ4v) is 2.14. The number of allylic oxidation sites excluding steroid dienone is 1. The molecule has 2 aliphatic carbocycles. The Kier molecular flexibility index (Phi) is 1.48. The van der Waals surface area contributed by atoms with E-state index in [4.69, 9.17) is 5.11 Å². The summed E-state index contributed by atoms with van der Waals surface area (Å²) in [6.45, 7) is 0. The van der Waals surface area contributed by atoms with Gasteiger partial charge >= 0.3 is 5.97 Å². The Bertz CT molecular complexity index is 228. The Labute approximate surface area is 65.9 Å². The summed E-state index contributed by atoms with van der Waals surface area (Å²) in [5.41, 5.74) is 1.98. The van der Waals surface area contributed by atoms with E-state index in [-0.39, 0.29) is 0 Å². The van der Waals surface area contributed by atoms with Crippen molar-refractivity contribution < 1.29 is 9.90 Å². The van der Waals surface area contributed by atoms with Crippen LogP contribution in [-0.2, 0) is 4.79 Å². The molecule has 1 N–H and O–H groups in total. The van der Waals surface area contributed by atoms with Gasteiger partial charge in [-0.3, -0.25) is 0 Å². The Morgan fingerprint density at radius 2 is 2.18 bits per heavy atom. The molecule has 0 aromatic heterocycles. The largest absolute Gasteiger partial charge is 0.478 e. The van der Waals surface area contributed by atoms with Gasteiger partial charge in [0.15, 0.2) is 0 Å². The van der Waals surface area contributed by atoms with Gasteiger partial charge < -0.3 is 5.11 Å². The summed E-state index contributed by atoms with van der Waals surface area (Å²) < 4.78 is 0. The van der Waals surface area contributed by atoms with Crippen LogP contribution >= 0.6 is 0 Å². The number of carboxylic acids is 1. The van der Waals surface area contributed by atoms with Gasteiger partial charge in [-0.2, -0.15) is 0 Å². The maximum Gasteiger partial charge on any atom is 0.331 e. The summed E-state index contributed by atoms with van der Waals surface area (Å²) >= 11 is 0. The molecule has 1 saturated carbocycles. The van der Waals surface area contributed by atoms with E-state index in [1.165, 1.54) is 18.4 Å². The number of aliphatic carboxylic acids is 1. The molecule has 2 nitrogen and oxygen atoms in total. The highest BCUT2D eigenvalue weighted by Crippen LogP contribution is 2.43. The summed E-state index contributed by atoms with van der Waals surface area (Å²) in [6.07, 6.45) is 5.39. The van der Waals surface area contributed by atoms with Crippen molar-refractivity contribution in [1.29, 1.82) is 0 Å². The van der Waals surface area contributed by atoms with Crippen molar-refractivity contribution in [1.82, 2.24) is 0 Å². The number of carboxylic acid groups (broad SMARTS) is 1. The summed E-state index contributed by atoms with van der Waals surface area (Å²) in [5, 5.41) is 8.80. The van der Waals surface area contributed by atoms with E-state index in [0.29, 0.717) is 5.92 Å². The standard InChI is InChI=1S/C9H12O2/c10-9(11)8-3-1-2-6-4-5-7(6)8/h6H,1-5H2,(H,10,11). The van der Waals surface area contributed by atoms with Gasteiger partial charge in [0.05, 0.1) is 0 Å². The SMILES string of the molecule is O=C(O)C1=C2CCC2CCC1. The van der Waals surface area contributed by atoms with E-state index < -0.39 is 5.97 Å². The van der Waals surface area contributed by atoms with E-state index in [2.05, 4.69) is 0 Å². The third-order valence-electron chi connectivity index (χ3n) is 2.88. The van der Waals surface area contributed by atoms with Crippen LogP contribution < -0.4 is 0 Å². The first kappa shape index (κ1) is 6.89. The van der Waals surface area contributed by atoms with Crippen LogP contribution in [0.5, 0.6) is 0 Å². The number of hydrogen-bond donors (Lipinski definition) is 1. The number of rotatable bonds is 1. The van der Waals surface area contributed by atoms with Gasteiger partial charge in [-0.25, -0.2) is 4.79 Å². The van der Waals surface area contributed by atoms with Crippen LogP contribution in [0.15, 0.2) is 11.1 Å². The first-order chi connectivity index (χ1) is 5.29. The lowest BCUT2D eigenvalue weighted by Gasteiger charge is -2.35. The van der Waals surface area contributed by atoms with Crippen LogP contribution in [0.4, 0.5) is 0 Å². The average molecular weight is 152 g/mol. The minimum Gasteiger partial charge on any atom is -0.478 e. The highest BCUT2D eigenvalue weighted by molar-refractivity contribution is 5.88. The van der Waals surface area contributed by atoms with Crippen molar-refractivity contribution in [2.45, 2.75) is 32.1 Å². The molecule has 0 aromatic carbocycles. The van der Waals surface area contributed by atoms with Gasteiger partial charge in [0, 0.05) is 5.57 Å². The Morgan fingerprint density at radius 1 is 1.36 bits per heavy atom. The minimum atomic E-state index is -0.676. The lowest BCUT2D eigenvalue weighted by Crippen LogP contribution is -2.24. The predicted octanol–water partition coefficient (Wildman–Crippen LogP) is 1.96. The normalized spacial score (nSPS) is 29.3. The molecule has 0 aromatic rings. The van der Waals surface area contributed by atoms with Gasteiger partial charge in [0.2, 0.25) is 0 Å². The quantitative estimate of drug-likeness (QED) is 0.623. The van der Waals surface area contributed by atoms with E-state index >= 15 is 0 Å². The molecular formula is C9H12O2. The number of fused-ring (bicyclic) bond motifs is 1. The molecule has 1 atom stereocenters. The van der Waals surface area contributed by atoms with Crippen molar-refractivity contribution in [2.24, 2.45) is 5.92 Å². The second-order valence-corrected chi connectivity index (χ2v) is 3.44. The molecule has 2 heteroatoms. The number of hydrogen-bond acceptors (Lipinski definition) is 1. The molecule has 0 saturated heterocycles. The van der Waals surface area contributed by atoms with E-state index in [1.807, 2.05) is 0 Å². The van der Waals surface area contributed by atoms with Gasteiger partial charge in [-0.05, 0) is 38.0 Å². The molecule has 0 bridgehead atoms. The molecule has 0 heterocycles. The minimum absolute atomic E-state index is 0.648. The molecular weight excluding hydrogens is 140 g/mol. The van der Waals surface area contributed by atoms with Gasteiger partial charge in [0.1, 0.15) is 0 Å². The smallest absolute Gasteiger partial charge is 0.331 e. The van der Waals surface area contributed by atoms with E-state index in [9.17, 15) is 4.79 Å². The maximum absolute atomic E-state index is 10.7.